The van der Waals surface area contributed by atoms with Gasteiger partial charge in [0.25, 0.3) is 0 Å². The lowest BCUT2D eigenvalue weighted by molar-refractivity contribution is 0.0601. The molecule has 0 aromatic heterocycles. The quantitative estimate of drug-likeness (QED) is 0.640. The fraction of sp³-hybridized carbons (Fsp3) is 0.500. The second kappa shape index (κ2) is 5.93. The summed E-state index contributed by atoms with van der Waals surface area (Å²) < 4.78 is 4.72. The number of methoxy groups -OCH3 is 1. The zero-order valence-electron chi connectivity index (χ0n) is 11.5. The third-order valence-corrected chi connectivity index (χ3v) is 3.46. The first kappa shape index (κ1) is 13.7. The molecular weight excluding hydrogens is 242 g/mol. The highest BCUT2D eigenvalue weighted by Crippen LogP contribution is 2.23. The minimum atomic E-state index is -0.344. The lowest BCUT2D eigenvalue weighted by atomic mass is 10.1. The Balaban J connectivity index is 2.12. The predicted molar refractivity (Wildman–Crippen MR) is 76.3 cm³/mol. The summed E-state index contributed by atoms with van der Waals surface area (Å²) in [6.45, 7) is 2.12. The molecule has 0 aliphatic carbocycles. The predicted octanol–water partition coefficient (Wildman–Crippen LogP) is 1.56. The lowest BCUT2D eigenvalue weighted by Gasteiger charge is -2.31. The van der Waals surface area contributed by atoms with Crippen LogP contribution < -0.4 is 11.1 Å². The van der Waals surface area contributed by atoms with Crippen molar-refractivity contribution in [2.24, 2.45) is 0 Å². The van der Waals surface area contributed by atoms with Gasteiger partial charge in [0, 0.05) is 12.6 Å². The molecule has 1 aromatic rings. The average molecular weight is 263 g/mol. The molecule has 1 saturated heterocycles. The molecule has 1 aliphatic rings. The molecule has 5 heteroatoms. The van der Waals surface area contributed by atoms with Crippen LogP contribution in [0.15, 0.2) is 18.2 Å². The molecule has 0 amide bonds. The molecule has 2 rings (SSSR count). The molecule has 5 nitrogen and oxygen atoms in total. The fourth-order valence-electron chi connectivity index (χ4n) is 2.43. The second-order valence-electron chi connectivity index (χ2n) is 5.04. The van der Waals surface area contributed by atoms with Gasteiger partial charge in [0.15, 0.2) is 0 Å². The third-order valence-electron chi connectivity index (χ3n) is 3.46. The SMILES string of the molecule is COC(=O)c1ccc(N)c(NC2CCCN(C)C2)c1. The van der Waals surface area contributed by atoms with Crippen molar-refractivity contribution in [1.82, 2.24) is 4.90 Å². The maximum atomic E-state index is 11.5. The average Bonchev–Trinajstić information content (AvgIpc) is 2.40. The van der Waals surface area contributed by atoms with E-state index < -0.39 is 0 Å². The zero-order valence-corrected chi connectivity index (χ0v) is 11.5. The molecule has 1 fully saturated rings. The Hall–Kier alpha value is -1.75. The molecule has 1 heterocycles. The van der Waals surface area contributed by atoms with Crippen LogP contribution in [0, 0.1) is 0 Å². The number of esters is 1. The highest BCUT2D eigenvalue weighted by molar-refractivity contribution is 5.92. The third kappa shape index (κ3) is 3.38. The number of piperidine rings is 1. The monoisotopic (exact) mass is 263 g/mol. The van der Waals surface area contributed by atoms with Gasteiger partial charge in [-0.3, -0.25) is 0 Å². The van der Waals surface area contributed by atoms with Crippen LogP contribution in [0.4, 0.5) is 11.4 Å². The Morgan fingerprint density at radius 3 is 3.00 bits per heavy atom. The van der Waals surface area contributed by atoms with Crippen LogP contribution in [-0.4, -0.2) is 44.2 Å². The number of hydrogen-bond acceptors (Lipinski definition) is 5. The number of nitrogens with two attached hydrogens (primary N) is 1. The van der Waals surface area contributed by atoms with E-state index in [2.05, 4.69) is 17.3 Å². The molecule has 104 valence electrons. The van der Waals surface area contributed by atoms with Crippen LogP contribution in [0.5, 0.6) is 0 Å². The van der Waals surface area contributed by atoms with Gasteiger partial charge in [0.1, 0.15) is 0 Å². The second-order valence-corrected chi connectivity index (χ2v) is 5.04. The summed E-state index contributed by atoms with van der Waals surface area (Å²) in [5.41, 5.74) is 7.93. The number of nitrogens with zero attached hydrogens (tertiary/aromatic N) is 1. The van der Waals surface area contributed by atoms with E-state index in [4.69, 9.17) is 10.5 Å². The highest BCUT2D eigenvalue weighted by Gasteiger charge is 2.18. The molecule has 0 bridgehead atoms. The first-order valence-corrected chi connectivity index (χ1v) is 6.53. The maximum absolute atomic E-state index is 11.5. The van der Waals surface area contributed by atoms with E-state index >= 15 is 0 Å². The van der Waals surface area contributed by atoms with Crippen LogP contribution in [0.25, 0.3) is 0 Å². The summed E-state index contributed by atoms with van der Waals surface area (Å²) in [4.78, 5) is 13.8. The summed E-state index contributed by atoms with van der Waals surface area (Å²) in [7, 11) is 3.49. The number of likely N-dealkylation sites (N-methyl/N-ethyl adjacent to an activating group) is 1. The van der Waals surface area contributed by atoms with Crippen LogP contribution >= 0.6 is 0 Å². The number of carbonyl (C=O) groups excluding carboxylic acids is 1. The summed E-state index contributed by atoms with van der Waals surface area (Å²) in [6, 6.07) is 5.55. The molecule has 1 aromatic carbocycles. The van der Waals surface area contributed by atoms with Gasteiger partial charge in [-0.15, -0.1) is 0 Å². The Morgan fingerprint density at radius 2 is 2.32 bits per heavy atom. The molecule has 1 unspecified atom stereocenters. The lowest BCUT2D eigenvalue weighted by Crippen LogP contribution is -2.39. The van der Waals surface area contributed by atoms with Crippen LogP contribution in [-0.2, 0) is 4.74 Å². The van der Waals surface area contributed by atoms with Gasteiger partial charge < -0.3 is 20.7 Å². The highest BCUT2D eigenvalue weighted by atomic mass is 16.5. The number of carbonyl (C=O) groups is 1. The topological polar surface area (TPSA) is 67.6 Å². The number of anilines is 2. The molecule has 1 atom stereocenters. The van der Waals surface area contributed by atoms with E-state index in [0.717, 1.165) is 25.2 Å². The van der Waals surface area contributed by atoms with Gasteiger partial charge in [-0.2, -0.15) is 0 Å². The van der Waals surface area contributed by atoms with Gasteiger partial charge >= 0.3 is 5.97 Å². The van der Waals surface area contributed by atoms with Crippen LogP contribution in [0.1, 0.15) is 23.2 Å². The standard InChI is InChI=1S/C14H21N3O2/c1-17-7-3-4-11(9-17)16-13-8-10(14(18)19-2)5-6-12(13)15/h5-6,8,11,16H,3-4,7,9,15H2,1-2H3. The molecular formula is C14H21N3O2. The minimum absolute atomic E-state index is 0.344. The van der Waals surface area contributed by atoms with E-state index in [9.17, 15) is 4.79 Å². The summed E-state index contributed by atoms with van der Waals surface area (Å²) in [6.07, 6.45) is 2.29. The normalized spacial score (nSPS) is 20.0. The Morgan fingerprint density at radius 1 is 1.53 bits per heavy atom. The van der Waals surface area contributed by atoms with Crippen molar-refractivity contribution in [2.45, 2.75) is 18.9 Å². The van der Waals surface area contributed by atoms with Crippen molar-refractivity contribution >= 4 is 17.3 Å². The van der Waals surface area contributed by atoms with Crippen molar-refractivity contribution in [2.75, 3.05) is 38.3 Å². The molecule has 0 radical (unpaired) electrons. The Bertz CT molecular complexity index is 462. The van der Waals surface area contributed by atoms with Gasteiger partial charge in [0.2, 0.25) is 0 Å². The Labute approximate surface area is 113 Å². The van der Waals surface area contributed by atoms with Gasteiger partial charge in [0.05, 0.1) is 24.0 Å². The largest absolute Gasteiger partial charge is 0.465 e. The van der Waals surface area contributed by atoms with Crippen LogP contribution in [0.2, 0.25) is 0 Å². The van der Waals surface area contributed by atoms with E-state index in [1.165, 1.54) is 13.5 Å². The summed E-state index contributed by atoms with van der Waals surface area (Å²) in [5.74, 6) is -0.344. The number of benzene rings is 1. The van der Waals surface area contributed by atoms with E-state index in [1.807, 2.05) is 0 Å². The molecule has 1 aliphatic heterocycles. The minimum Gasteiger partial charge on any atom is -0.465 e. The molecule has 3 N–H and O–H groups in total. The first-order valence-electron chi connectivity index (χ1n) is 6.53. The number of ether oxygens (including phenoxy) is 1. The van der Waals surface area contributed by atoms with Crippen molar-refractivity contribution in [3.63, 3.8) is 0 Å². The molecule has 19 heavy (non-hydrogen) atoms. The molecule has 0 saturated carbocycles. The van der Waals surface area contributed by atoms with Gasteiger partial charge in [-0.1, -0.05) is 0 Å². The zero-order chi connectivity index (χ0) is 13.8. The Kier molecular flexibility index (Phi) is 4.27. The molecule has 0 spiro atoms. The summed E-state index contributed by atoms with van der Waals surface area (Å²) in [5, 5.41) is 3.42. The van der Waals surface area contributed by atoms with Gasteiger partial charge in [-0.05, 0) is 44.6 Å². The van der Waals surface area contributed by atoms with Crippen molar-refractivity contribution in [1.29, 1.82) is 0 Å². The van der Waals surface area contributed by atoms with Crippen molar-refractivity contribution in [3.05, 3.63) is 23.8 Å². The smallest absolute Gasteiger partial charge is 0.337 e. The van der Waals surface area contributed by atoms with Crippen molar-refractivity contribution < 1.29 is 9.53 Å². The summed E-state index contributed by atoms with van der Waals surface area (Å²) >= 11 is 0. The number of nitrogens with one attached hydrogen (secondary N) is 1. The number of likely N-dealkylation sites (tertiary alicyclic amines) is 1. The number of rotatable bonds is 3. The van der Waals surface area contributed by atoms with Gasteiger partial charge in [-0.25, -0.2) is 4.79 Å². The van der Waals surface area contributed by atoms with Crippen LogP contribution in [0.3, 0.4) is 0 Å². The van der Waals surface area contributed by atoms with E-state index in [1.54, 1.807) is 18.2 Å². The number of hydrogen-bond donors (Lipinski definition) is 2. The van der Waals surface area contributed by atoms with E-state index in [-0.39, 0.29) is 5.97 Å². The van der Waals surface area contributed by atoms with Crippen molar-refractivity contribution in [3.8, 4) is 0 Å². The van der Waals surface area contributed by atoms with E-state index in [0.29, 0.717) is 17.3 Å². The maximum Gasteiger partial charge on any atom is 0.337 e. The first-order chi connectivity index (χ1) is 9.10. The fourth-order valence-corrected chi connectivity index (χ4v) is 2.43. The number of nitrogen functional groups attached to an aromatic ring is 1.